The number of ether oxygens (including phenoxy) is 2. The first-order chi connectivity index (χ1) is 13.3. The fourth-order valence-electron chi connectivity index (χ4n) is 3.83. The van der Waals surface area contributed by atoms with E-state index in [1.165, 1.54) is 128 Å². The lowest BCUT2D eigenvalue weighted by Crippen LogP contribution is -2.11. The Kier molecular flexibility index (Phi) is 16.6. The summed E-state index contributed by atoms with van der Waals surface area (Å²) in [5.74, 6) is -0.214. The van der Waals surface area contributed by atoms with E-state index in [0.717, 1.165) is 13.2 Å². The summed E-state index contributed by atoms with van der Waals surface area (Å²) in [7, 11) is 0. The highest BCUT2D eigenvalue weighted by molar-refractivity contribution is 4.74. The average molecular weight is 383 g/mol. The number of hydrogen-bond donors (Lipinski definition) is 0. The molecule has 1 atom stereocenters. The topological polar surface area (TPSA) is 21.8 Å². The van der Waals surface area contributed by atoms with Crippen LogP contribution in [-0.2, 0) is 9.47 Å². The van der Waals surface area contributed by atoms with Crippen molar-refractivity contribution in [2.45, 2.75) is 148 Å². The van der Waals surface area contributed by atoms with E-state index in [1.807, 2.05) is 6.92 Å². The average Bonchev–Trinajstić information content (AvgIpc) is 3.40. The summed E-state index contributed by atoms with van der Waals surface area (Å²) in [4.78, 5) is 0. The minimum absolute atomic E-state index is 0.214. The molecule has 1 unspecified atom stereocenters. The Labute approximate surface area is 171 Å². The van der Waals surface area contributed by atoms with Crippen LogP contribution in [0.1, 0.15) is 142 Å². The summed E-state index contributed by atoms with van der Waals surface area (Å²) in [6.45, 7) is 5.98. The van der Waals surface area contributed by atoms with E-state index in [-0.39, 0.29) is 5.79 Å². The van der Waals surface area contributed by atoms with Gasteiger partial charge in [0.05, 0.1) is 6.61 Å². The molecule has 0 bridgehead atoms. The molecule has 0 N–H and O–H groups in total. The van der Waals surface area contributed by atoms with Crippen LogP contribution in [0.25, 0.3) is 0 Å². The zero-order chi connectivity index (χ0) is 19.5. The molecular formula is C25H50O2. The van der Waals surface area contributed by atoms with Crippen LogP contribution in [0.3, 0.4) is 0 Å². The van der Waals surface area contributed by atoms with Gasteiger partial charge in [0.1, 0.15) is 6.61 Å². The second-order valence-electron chi connectivity index (χ2n) is 8.99. The van der Waals surface area contributed by atoms with Crippen LogP contribution in [0.4, 0.5) is 0 Å². The van der Waals surface area contributed by atoms with Gasteiger partial charge in [0.2, 0.25) is 0 Å². The summed E-state index contributed by atoms with van der Waals surface area (Å²) < 4.78 is 10.9. The zero-order valence-corrected chi connectivity index (χ0v) is 18.9. The molecule has 1 aliphatic heterocycles. The predicted octanol–water partition coefficient (Wildman–Crippen LogP) is 8.57. The third-order valence-electron chi connectivity index (χ3n) is 5.96. The molecule has 0 aromatic carbocycles. The van der Waals surface area contributed by atoms with Crippen molar-refractivity contribution in [1.29, 1.82) is 0 Å². The lowest BCUT2D eigenvalue weighted by Gasteiger charge is -2.07. The van der Waals surface area contributed by atoms with Crippen molar-refractivity contribution < 1.29 is 9.47 Å². The molecule has 2 heteroatoms. The van der Waals surface area contributed by atoms with Gasteiger partial charge >= 0.3 is 0 Å². The molecule has 1 aliphatic rings. The lowest BCUT2D eigenvalue weighted by atomic mass is 10.0. The molecule has 0 aromatic heterocycles. The number of hydrogen-bond acceptors (Lipinski definition) is 2. The molecule has 0 aromatic rings. The third-order valence-corrected chi connectivity index (χ3v) is 5.96. The summed E-state index contributed by atoms with van der Waals surface area (Å²) >= 11 is 0. The number of rotatable bonds is 22. The monoisotopic (exact) mass is 382 g/mol. The maximum atomic E-state index is 5.66. The zero-order valence-electron chi connectivity index (χ0n) is 18.9. The highest BCUT2D eigenvalue weighted by Crippen LogP contribution is 2.27. The van der Waals surface area contributed by atoms with Gasteiger partial charge < -0.3 is 9.47 Å². The first-order valence-electron chi connectivity index (χ1n) is 12.5. The number of unbranched alkanes of at least 4 members (excludes halogenated alkanes) is 19. The molecule has 162 valence electrons. The Hall–Kier alpha value is -0.0800. The summed E-state index contributed by atoms with van der Waals surface area (Å²) in [6, 6.07) is 0. The summed E-state index contributed by atoms with van der Waals surface area (Å²) in [5.41, 5.74) is 0. The van der Waals surface area contributed by atoms with Gasteiger partial charge in [-0.1, -0.05) is 129 Å². The Morgan fingerprint density at radius 3 is 1.15 bits per heavy atom. The van der Waals surface area contributed by atoms with Gasteiger partial charge in [0, 0.05) is 0 Å². The van der Waals surface area contributed by atoms with Crippen LogP contribution in [0.15, 0.2) is 0 Å². The van der Waals surface area contributed by atoms with E-state index in [9.17, 15) is 0 Å². The minimum Gasteiger partial charge on any atom is -0.348 e. The maximum absolute atomic E-state index is 5.66. The van der Waals surface area contributed by atoms with E-state index in [0.29, 0.717) is 0 Å². The smallest absolute Gasteiger partial charge is 0.189 e. The molecule has 27 heavy (non-hydrogen) atoms. The van der Waals surface area contributed by atoms with E-state index in [4.69, 9.17) is 9.47 Å². The van der Waals surface area contributed by atoms with E-state index in [1.54, 1.807) is 0 Å². The van der Waals surface area contributed by atoms with Crippen molar-refractivity contribution in [3.63, 3.8) is 0 Å². The van der Waals surface area contributed by atoms with Crippen LogP contribution >= 0.6 is 0 Å². The molecule has 0 radical (unpaired) electrons. The van der Waals surface area contributed by atoms with Crippen molar-refractivity contribution in [2.24, 2.45) is 0 Å². The largest absolute Gasteiger partial charge is 0.348 e. The second kappa shape index (κ2) is 18.0. The van der Waals surface area contributed by atoms with Crippen LogP contribution in [0.2, 0.25) is 0 Å². The molecule has 0 saturated carbocycles. The first-order valence-corrected chi connectivity index (χ1v) is 12.5. The van der Waals surface area contributed by atoms with Gasteiger partial charge in [-0.25, -0.2) is 0 Å². The first kappa shape index (κ1) is 25.0. The van der Waals surface area contributed by atoms with Crippen molar-refractivity contribution in [3.05, 3.63) is 0 Å². The van der Waals surface area contributed by atoms with Gasteiger partial charge in [-0.2, -0.15) is 0 Å². The second-order valence-corrected chi connectivity index (χ2v) is 8.99. The molecular weight excluding hydrogens is 332 g/mol. The van der Waals surface area contributed by atoms with Crippen LogP contribution in [-0.4, -0.2) is 19.0 Å². The molecule has 1 fully saturated rings. The Bertz CT molecular complexity index is 299. The highest BCUT2D eigenvalue weighted by Gasteiger charge is 2.40. The SMILES string of the molecule is CCCCCCCCCCCCCCCCCCCCCCOC1(C)CO1. The van der Waals surface area contributed by atoms with E-state index < -0.39 is 0 Å². The summed E-state index contributed by atoms with van der Waals surface area (Å²) in [5, 5.41) is 0. The van der Waals surface area contributed by atoms with Gasteiger partial charge in [0.25, 0.3) is 0 Å². The van der Waals surface area contributed by atoms with Crippen LogP contribution in [0, 0.1) is 0 Å². The Morgan fingerprint density at radius 2 is 0.852 bits per heavy atom. The van der Waals surface area contributed by atoms with Crippen molar-refractivity contribution >= 4 is 0 Å². The van der Waals surface area contributed by atoms with Crippen molar-refractivity contribution in [1.82, 2.24) is 0 Å². The quantitative estimate of drug-likeness (QED) is 0.138. The van der Waals surface area contributed by atoms with Crippen LogP contribution < -0.4 is 0 Å². The number of epoxide rings is 1. The standard InChI is InChI=1S/C25H50O2/c1-3-4-5-6-7-8-9-10-11-12-13-14-15-16-17-18-19-20-21-22-23-26-25(2)24-27-25/h3-24H2,1-2H3. The molecule has 0 aliphatic carbocycles. The normalized spacial score (nSPS) is 18.9. The Morgan fingerprint density at radius 1 is 0.556 bits per heavy atom. The van der Waals surface area contributed by atoms with E-state index in [2.05, 4.69) is 6.92 Å². The van der Waals surface area contributed by atoms with E-state index >= 15 is 0 Å². The van der Waals surface area contributed by atoms with Gasteiger partial charge in [-0.3, -0.25) is 0 Å². The van der Waals surface area contributed by atoms with Gasteiger partial charge in [0.15, 0.2) is 5.79 Å². The lowest BCUT2D eigenvalue weighted by molar-refractivity contribution is -0.0309. The molecule has 2 nitrogen and oxygen atoms in total. The highest BCUT2D eigenvalue weighted by atomic mass is 16.8. The molecule has 0 amide bonds. The van der Waals surface area contributed by atoms with Gasteiger partial charge in [-0.15, -0.1) is 0 Å². The van der Waals surface area contributed by atoms with Crippen molar-refractivity contribution in [2.75, 3.05) is 13.2 Å². The van der Waals surface area contributed by atoms with Crippen molar-refractivity contribution in [3.8, 4) is 0 Å². The molecule has 0 spiro atoms. The molecule has 1 saturated heterocycles. The fourth-order valence-corrected chi connectivity index (χ4v) is 3.83. The molecule has 1 rings (SSSR count). The third kappa shape index (κ3) is 17.7. The summed E-state index contributed by atoms with van der Waals surface area (Å²) in [6.07, 6.45) is 28.6. The van der Waals surface area contributed by atoms with Crippen LogP contribution in [0.5, 0.6) is 0 Å². The maximum Gasteiger partial charge on any atom is 0.189 e. The molecule has 1 heterocycles. The van der Waals surface area contributed by atoms with Gasteiger partial charge in [-0.05, 0) is 13.3 Å². The minimum atomic E-state index is -0.214. The fraction of sp³-hybridized carbons (Fsp3) is 1.00. The Balaban J connectivity index is 1.61. The predicted molar refractivity (Wildman–Crippen MR) is 118 cm³/mol.